The van der Waals surface area contributed by atoms with E-state index in [9.17, 15) is 18.0 Å². The lowest BCUT2D eigenvalue weighted by atomic mass is 10.1. The molecule has 0 bridgehead atoms. The predicted octanol–water partition coefficient (Wildman–Crippen LogP) is 4.20. The highest BCUT2D eigenvalue weighted by Gasteiger charge is 2.54. The molecule has 0 N–H and O–H groups in total. The van der Waals surface area contributed by atoms with Crippen LogP contribution in [0.4, 0.5) is 18.9 Å². The number of anilines is 1. The van der Waals surface area contributed by atoms with Gasteiger partial charge in [0.15, 0.2) is 6.04 Å². The van der Waals surface area contributed by atoms with Crippen molar-refractivity contribution in [3.05, 3.63) is 65.7 Å². The lowest BCUT2D eigenvalue weighted by Crippen LogP contribution is -2.15. The molecular formula is C18H16F3NO2. The molecule has 0 unspecified atom stereocenters. The summed E-state index contributed by atoms with van der Waals surface area (Å²) in [6.45, 7) is 1.98. The van der Waals surface area contributed by atoms with Gasteiger partial charge in [-0.05, 0) is 36.8 Å². The molecule has 0 amide bonds. The van der Waals surface area contributed by atoms with E-state index in [0.29, 0.717) is 5.56 Å². The van der Waals surface area contributed by atoms with Gasteiger partial charge in [0.1, 0.15) is 0 Å². The molecule has 0 radical (unpaired) electrons. The van der Waals surface area contributed by atoms with Gasteiger partial charge in [-0.1, -0.05) is 30.3 Å². The van der Waals surface area contributed by atoms with Gasteiger partial charge in [-0.2, -0.15) is 13.2 Å². The summed E-state index contributed by atoms with van der Waals surface area (Å²) in [6, 6.07) is 13.4. The van der Waals surface area contributed by atoms with E-state index in [2.05, 4.69) is 0 Å². The molecule has 1 fully saturated rings. The zero-order chi connectivity index (χ0) is 17.3. The SMILES string of the molecule is CCOC(=O)[C@@H]1[C@H](c2ccc(C(F)(F)F)cc2)N1c1ccccc1. The monoisotopic (exact) mass is 335 g/mol. The molecule has 3 rings (SSSR count). The van der Waals surface area contributed by atoms with E-state index < -0.39 is 17.8 Å². The van der Waals surface area contributed by atoms with Gasteiger partial charge in [0.2, 0.25) is 0 Å². The van der Waals surface area contributed by atoms with Crippen LogP contribution >= 0.6 is 0 Å². The van der Waals surface area contributed by atoms with Crippen molar-refractivity contribution in [3.8, 4) is 0 Å². The fourth-order valence-corrected chi connectivity index (χ4v) is 2.83. The number of benzene rings is 2. The lowest BCUT2D eigenvalue weighted by molar-refractivity contribution is -0.142. The Bertz CT molecular complexity index is 713. The molecular weight excluding hydrogens is 319 g/mol. The molecule has 1 heterocycles. The van der Waals surface area contributed by atoms with Crippen LogP contribution in [0, 0.1) is 0 Å². The van der Waals surface area contributed by atoms with Crippen molar-refractivity contribution in [1.82, 2.24) is 0 Å². The number of rotatable bonds is 4. The second kappa shape index (κ2) is 6.19. The van der Waals surface area contributed by atoms with Crippen LogP contribution in [-0.4, -0.2) is 18.6 Å². The molecule has 6 heteroatoms. The molecule has 1 aliphatic rings. The molecule has 24 heavy (non-hydrogen) atoms. The number of esters is 1. The highest BCUT2D eigenvalue weighted by molar-refractivity contribution is 5.88. The third-order valence-corrected chi connectivity index (χ3v) is 3.97. The highest BCUT2D eigenvalue weighted by Crippen LogP contribution is 2.47. The minimum absolute atomic E-state index is 0.262. The maximum atomic E-state index is 12.7. The molecule has 0 saturated carbocycles. The summed E-state index contributed by atoms with van der Waals surface area (Å²) in [4.78, 5) is 14.0. The number of halogens is 3. The standard InChI is InChI=1S/C18H16F3NO2/c1-2-24-17(23)16-15(22(16)14-6-4-3-5-7-14)12-8-10-13(11-9-12)18(19,20)21/h3-11,15-16H,2H2,1H3/t15-,16-,22?/m0/s1. The molecule has 3 nitrogen and oxygen atoms in total. The fourth-order valence-electron chi connectivity index (χ4n) is 2.83. The maximum Gasteiger partial charge on any atom is 0.416 e. The molecule has 1 aliphatic heterocycles. The van der Waals surface area contributed by atoms with Crippen molar-refractivity contribution in [1.29, 1.82) is 0 Å². The van der Waals surface area contributed by atoms with Gasteiger partial charge in [0.05, 0.1) is 18.2 Å². The van der Waals surface area contributed by atoms with Gasteiger partial charge in [0.25, 0.3) is 0 Å². The van der Waals surface area contributed by atoms with Crippen LogP contribution in [0.25, 0.3) is 0 Å². The van der Waals surface area contributed by atoms with E-state index in [0.717, 1.165) is 17.8 Å². The van der Waals surface area contributed by atoms with Crippen molar-refractivity contribution in [2.24, 2.45) is 0 Å². The fraction of sp³-hybridized carbons (Fsp3) is 0.278. The summed E-state index contributed by atoms with van der Waals surface area (Å²) in [5.41, 5.74) is 0.788. The number of para-hydroxylation sites is 1. The summed E-state index contributed by atoms with van der Waals surface area (Å²) in [5, 5.41) is 0. The number of carbonyl (C=O) groups excluding carboxylic acids is 1. The molecule has 0 spiro atoms. The van der Waals surface area contributed by atoms with Crippen LogP contribution < -0.4 is 4.90 Å². The van der Waals surface area contributed by atoms with E-state index in [1.165, 1.54) is 12.1 Å². The van der Waals surface area contributed by atoms with Gasteiger partial charge in [-0.15, -0.1) is 0 Å². The number of hydrogen-bond donors (Lipinski definition) is 0. The number of ether oxygens (including phenoxy) is 1. The number of nitrogens with zero attached hydrogens (tertiary/aromatic N) is 1. The molecule has 2 aromatic carbocycles. The quantitative estimate of drug-likeness (QED) is 0.619. The van der Waals surface area contributed by atoms with Crippen LogP contribution in [0.2, 0.25) is 0 Å². The summed E-state index contributed by atoms with van der Waals surface area (Å²) in [6.07, 6.45) is -4.37. The Balaban J connectivity index is 1.88. The topological polar surface area (TPSA) is 29.3 Å². The maximum absolute atomic E-state index is 12.7. The largest absolute Gasteiger partial charge is 0.464 e. The Kier molecular flexibility index (Phi) is 4.22. The van der Waals surface area contributed by atoms with Crippen LogP contribution in [0.15, 0.2) is 54.6 Å². The molecule has 0 aliphatic carbocycles. The predicted molar refractivity (Wildman–Crippen MR) is 83.5 cm³/mol. The average molecular weight is 335 g/mol. The van der Waals surface area contributed by atoms with Crippen molar-refractivity contribution in [3.63, 3.8) is 0 Å². The molecule has 1 saturated heterocycles. The van der Waals surface area contributed by atoms with Crippen molar-refractivity contribution in [2.45, 2.75) is 25.2 Å². The third kappa shape index (κ3) is 3.09. The summed E-state index contributed by atoms with van der Waals surface area (Å²) >= 11 is 0. The smallest absolute Gasteiger partial charge is 0.416 e. The number of alkyl halides is 3. The number of carbonyl (C=O) groups is 1. The van der Waals surface area contributed by atoms with E-state index in [4.69, 9.17) is 4.74 Å². The van der Waals surface area contributed by atoms with Crippen LogP contribution in [0.5, 0.6) is 0 Å². The summed E-state index contributed by atoms with van der Waals surface area (Å²) in [5.74, 6) is -0.369. The first-order valence-electron chi connectivity index (χ1n) is 7.60. The van der Waals surface area contributed by atoms with Crippen molar-refractivity contribution >= 4 is 11.7 Å². The third-order valence-electron chi connectivity index (χ3n) is 3.97. The molecule has 0 aromatic heterocycles. The first kappa shape index (κ1) is 16.4. The minimum Gasteiger partial charge on any atom is -0.464 e. The Labute approximate surface area is 137 Å². The molecule has 2 atom stereocenters. The second-order valence-electron chi connectivity index (χ2n) is 5.50. The van der Waals surface area contributed by atoms with Crippen molar-refractivity contribution < 1.29 is 22.7 Å². The summed E-state index contributed by atoms with van der Waals surface area (Å²) < 4.78 is 43.2. The minimum atomic E-state index is -4.37. The van der Waals surface area contributed by atoms with Crippen LogP contribution in [0.1, 0.15) is 24.1 Å². The lowest BCUT2D eigenvalue weighted by Gasteiger charge is -2.08. The molecule has 2 aromatic rings. The number of hydrogen-bond acceptors (Lipinski definition) is 3. The Morgan fingerprint density at radius 2 is 1.71 bits per heavy atom. The van der Waals surface area contributed by atoms with Crippen molar-refractivity contribution in [2.75, 3.05) is 11.5 Å². The van der Waals surface area contributed by atoms with Gasteiger partial charge in [-0.25, -0.2) is 4.79 Å². The van der Waals surface area contributed by atoms with E-state index in [-0.39, 0.29) is 18.6 Å². The van der Waals surface area contributed by atoms with Crippen LogP contribution in [0.3, 0.4) is 0 Å². The van der Waals surface area contributed by atoms with E-state index >= 15 is 0 Å². The Morgan fingerprint density at radius 3 is 2.25 bits per heavy atom. The second-order valence-corrected chi connectivity index (χ2v) is 5.50. The summed E-state index contributed by atoms with van der Waals surface area (Å²) in [7, 11) is 0. The Hall–Kier alpha value is -2.50. The zero-order valence-electron chi connectivity index (χ0n) is 13.0. The van der Waals surface area contributed by atoms with Gasteiger partial charge >= 0.3 is 12.1 Å². The van der Waals surface area contributed by atoms with Gasteiger partial charge < -0.3 is 9.64 Å². The molecule has 126 valence electrons. The Morgan fingerprint density at radius 1 is 1.08 bits per heavy atom. The van der Waals surface area contributed by atoms with E-state index in [1.807, 2.05) is 35.2 Å². The first-order chi connectivity index (χ1) is 11.4. The zero-order valence-corrected chi connectivity index (χ0v) is 13.0. The average Bonchev–Trinajstić information content (AvgIpc) is 3.31. The van der Waals surface area contributed by atoms with Gasteiger partial charge in [-0.3, -0.25) is 0 Å². The van der Waals surface area contributed by atoms with E-state index in [1.54, 1.807) is 6.92 Å². The normalized spacial score (nSPS) is 19.9. The van der Waals surface area contributed by atoms with Crippen LogP contribution in [-0.2, 0) is 15.7 Å². The van der Waals surface area contributed by atoms with Gasteiger partial charge in [0, 0.05) is 5.69 Å². The highest BCUT2D eigenvalue weighted by atomic mass is 19.4. The first-order valence-corrected chi connectivity index (χ1v) is 7.60.